The van der Waals surface area contributed by atoms with E-state index in [1.807, 2.05) is 0 Å². The van der Waals surface area contributed by atoms with Crippen LogP contribution < -0.4 is 0 Å². The van der Waals surface area contributed by atoms with E-state index in [1.165, 1.54) is 18.2 Å². The second kappa shape index (κ2) is 5.35. The highest BCUT2D eigenvalue weighted by molar-refractivity contribution is 9.10. The SMILES string of the molecule is Cc1ccc(F)c(C(O)c2cc(F)c(Br)cc2F)c1. The summed E-state index contributed by atoms with van der Waals surface area (Å²) in [5, 5.41) is 10.0. The Labute approximate surface area is 116 Å². The topological polar surface area (TPSA) is 20.2 Å². The van der Waals surface area contributed by atoms with Crippen LogP contribution in [0.1, 0.15) is 22.8 Å². The molecule has 2 aromatic rings. The number of benzene rings is 2. The quantitative estimate of drug-likeness (QED) is 0.816. The lowest BCUT2D eigenvalue weighted by Crippen LogP contribution is -2.06. The van der Waals surface area contributed by atoms with Crippen LogP contribution >= 0.6 is 15.9 Å². The smallest absolute Gasteiger partial charge is 0.137 e. The minimum Gasteiger partial charge on any atom is -0.383 e. The number of aliphatic hydroxyl groups excluding tert-OH is 1. The molecule has 0 heterocycles. The fraction of sp³-hybridized carbons (Fsp3) is 0.143. The maximum absolute atomic E-state index is 13.7. The Balaban J connectivity index is 2.52. The van der Waals surface area contributed by atoms with Crippen molar-refractivity contribution in [1.29, 1.82) is 0 Å². The summed E-state index contributed by atoms with van der Waals surface area (Å²) in [4.78, 5) is 0. The molecule has 0 radical (unpaired) electrons. The van der Waals surface area contributed by atoms with Gasteiger partial charge in [0.2, 0.25) is 0 Å². The van der Waals surface area contributed by atoms with Crippen LogP contribution in [0.25, 0.3) is 0 Å². The van der Waals surface area contributed by atoms with Gasteiger partial charge in [0.25, 0.3) is 0 Å². The zero-order chi connectivity index (χ0) is 14.2. The third kappa shape index (κ3) is 2.82. The van der Waals surface area contributed by atoms with Crippen molar-refractivity contribution >= 4 is 15.9 Å². The first-order valence-electron chi connectivity index (χ1n) is 5.48. The van der Waals surface area contributed by atoms with E-state index in [9.17, 15) is 18.3 Å². The molecular formula is C14H10BrF3O. The predicted molar refractivity (Wildman–Crippen MR) is 69.3 cm³/mol. The van der Waals surface area contributed by atoms with Crippen molar-refractivity contribution in [2.24, 2.45) is 0 Å². The fourth-order valence-electron chi connectivity index (χ4n) is 1.79. The molecule has 1 N–H and O–H groups in total. The Morgan fingerprint density at radius 3 is 2.26 bits per heavy atom. The van der Waals surface area contributed by atoms with Gasteiger partial charge in [-0.2, -0.15) is 0 Å². The third-order valence-corrected chi connectivity index (χ3v) is 3.39. The largest absolute Gasteiger partial charge is 0.383 e. The molecular weight excluding hydrogens is 321 g/mol. The van der Waals surface area contributed by atoms with Crippen LogP contribution in [-0.4, -0.2) is 5.11 Å². The average Bonchev–Trinajstić information content (AvgIpc) is 2.36. The molecule has 5 heteroatoms. The molecule has 19 heavy (non-hydrogen) atoms. The molecule has 0 spiro atoms. The Kier molecular flexibility index (Phi) is 3.96. The number of halogens is 4. The highest BCUT2D eigenvalue weighted by Crippen LogP contribution is 2.30. The van der Waals surface area contributed by atoms with Gasteiger partial charge in [-0.05, 0) is 41.1 Å². The van der Waals surface area contributed by atoms with E-state index in [2.05, 4.69) is 15.9 Å². The summed E-state index contributed by atoms with van der Waals surface area (Å²) in [5.41, 5.74) is 0.333. The van der Waals surface area contributed by atoms with Crippen LogP contribution in [0.2, 0.25) is 0 Å². The second-order valence-corrected chi connectivity index (χ2v) is 5.07. The van der Waals surface area contributed by atoms with Crippen molar-refractivity contribution in [3.8, 4) is 0 Å². The van der Waals surface area contributed by atoms with E-state index in [1.54, 1.807) is 6.92 Å². The number of aliphatic hydroxyl groups is 1. The van der Waals surface area contributed by atoms with E-state index in [-0.39, 0.29) is 15.6 Å². The highest BCUT2D eigenvalue weighted by Gasteiger charge is 2.20. The van der Waals surface area contributed by atoms with Gasteiger partial charge in [0.1, 0.15) is 23.6 Å². The van der Waals surface area contributed by atoms with E-state index in [0.717, 1.165) is 12.1 Å². The molecule has 0 bridgehead atoms. The molecule has 0 aromatic heterocycles. The molecule has 0 amide bonds. The zero-order valence-electron chi connectivity index (χ0n) is 9.92. The van der Waals surface area contributed by atoms with Crippen LogP contribution in [0.5, 0.6) is 0 Å². The van der Waals surface area contributed by atoms with Gasteiger partial charge in [-0.1, -0.05) is 17.7 Å². The predicted octanol–water partition coefficient (Wildman–Crippen LogP) is 4.26. The summed E-state index contributed by atoms with van der Waals surface area (Å²) in [7, 11) is 0. The van der Waals surface area contributed by atoms with Crippen molar-refractivity contribution in [2.75, 3.05) is 0 Å². The normalized spacial score (nSPS) is 12.5. The first-order chi connectivity index (χ1) is 8.90. The van der Waals surface area contributed by atoms with Crippen molar-refractivity contribution in [3.05, 3.63) is 68.9 Å². The minimum absolute atomic E-state index is 0.0503. The molecule has 0 saturated heterocycles. The first-order valence-corrected chi connectivity index (χ1v) is 6.28. The molecule has 2 aromatic carbocycles. The fourth-order valence-corrected chi connectivity index (χ4v) is 2.10. The molecule has 0 aliphatic carbocycles. The lowest BCUT2D eigenvalue weighted by Gasteiger charge is -2.14. The standard InChI is InChI=1S/C14H10BrF3O/c1-7-2-3-11(16)8(4-7)14(19)9-5-13(18)10(15)6-12(9)17/h2-6,14,19H,1H3. The third-order valence-electron chi connectivity index (χ3n) is 2.78. The van der Waals surface area contributed by atoms with Gasteiger partial charge < -0.3 is 5.11 Å². The van der Waals surface area contributed by atoms with Crippen molar-refractivity contribution in [3.63, 3.8) is 0 Å². The van der Waals surface area contributed by atoms with E-state index >= 15 is 0 Å². The molecule has 0 fully saturated rings. The Bertz CT molecular complexity index is 628. The summed E-state index contributed by atoms with van der Waals surface area (Å²) in [5.74, 6) is -2.19. The lowest BCUT2D eigenvalue weighted by molar-refractivity contribution is 0.209. The van der Waals surface area contributed by atoms with Gasteiger partial charge in [-0.15, -0.1) is 0 Å². The van der Waals surface area contributed by atoms with Crippen LogP contribution in [0.4, 0.5) is 13.2 Å². The lowest BCUT2D eigenvalue weighted by atomic mass is 9.99. The Hall–Kier alpha value is -1.33. The van der Waals surface area contributed by atoms with Crippen LogP contribution in [-0.2, 0) is 0 Å². The van der Waals surface area contributed by atoms with Gasteiger partial charge in [0.15, 0.2) is 0 Å². The van der Waals surface area contributed by atoms with Crippen molar-refractivity contribution in [1.82, 2.24) is 0 Å². The Morgan fingerprint density at radius 2 is 1.58 bits per heavy atom. The summed E-state index contributed by atoms with van der Waals surface area (Å²) >= 11 is 2.84. The number of hydrogen-bond acceptors (Lipinski definition) is 1. The molecule has 1 atom stereocenters. The summed E-state index contributed by atoms with van der Waals surface area (Å²) in [6, 6.07) is 5.87. The van der Waals surface area contributed by atoms with Gasteiger partial charge in [-0.3, -0.25) is 0 Å². The van der Waals surface area contributed by atoms with Gasteiger partial charge in [0, 0.05) is 11.1 Å². The van der Waals surface area contributed by atoms with Gasteiger partial charge >= 0.3 is 0 Å². The molecule has 1 unspecified atom stereocenters. The molecule has 100 valence electrons. The molecule has 2 rings (SSSR count). The van der Waals surface area contributed by atoms with Crippen LogP contribution in [0, 0.1) is 24.4 Å². The zero-order valence-corrected chi connectivity index (χ0v) is 11.5. The van der Waals surface area contributed by atoms with Crippen molar-refractivity contribution < 1.29 is 18.3 Å². The second-order valence-electron chi connectivity index (χ2n) is 4.22. The molecule has 1 nitrogen and oxygen atoms in total. The first kappa shape index (κ1) is 14.1. The maximum Gasteiger partial charge on any atom is 0.137 e. The van der Waals surface area contributed by atoms with Crippen LogP contribution in [0.3, 0.4) is 0 Å². The summed E-state index contributed by atoms with van der Waals surface area (Å²) in [6.07, 6.45) is -1.55. The number of rotatable bonds is 2. The van der Waals surface area contributed by atoms with E-state index in [4.69, 9.17) is 0 Å². The van der Waals surface area contributed by atoms with E-state index in [0.29, 0.717) is 5.56 Å². The minimum atomic E-state index is -1.55. The Morgan fingerprint density at radius 1 is 0.947 bits per heavy atom. The van der Waals surface area contributed by atoms with Crippen LogP contribution in [0.15, 0.2) is 34.8 Å². The van der Waals surface area contributed by atoms with Gasteiger partial charge in [-0.25, -0.2) is 13.2 Å². The number of aryl methyl sites for hydroxylation is 1. The van der Waals surface area contributed by atoms with Gasteiger partial charge in [0.05, 0.1) is 4.47 Å². The molecule has 0 saturated carbocycles. The number of hydrogen-bond donors (Lipinski definition) is 1. The maximum atomic E-state index is 13.7. The molecule has 0 aliphatic heterocycles. The van der Waals surface area contributed by atoms with E-state index < -0.39 is 23.6 Å². The highest BCUT2D eigenvalue weighted by atomic mass is 79.9. The average molecular weight is 331 g/mol. The summed E-state index contributed by atoms with van der Waals surface area (Å²) < 4.78 is 40.7. The monoisotopic (exact) mass is 330 g/mol. The summed E-state index contributed by atoms with van der Waals surface area (Å²) in [6.45, 7) is 1.72. The van der Waals surface area contributed by atoms with Crippen molar-refractivity contribution in [2.45, 2.75) is 13.0 Å². The molecule has 0 aliphatic rings.